The summed E-state index contributed by atoms with van der Waals surface area (Å²) in [6.07, 6.45) is 1.78. The maximum absolute atomic E-state index is 12.2. The van der Waals surface area contributed by atoms with Crippen LogP contribution >= 0.6 is 0 Å². The van der Waals surface area contributed by atoms with Crippen LogP contribution in [0.15, 0.2) is 24.3 Å². The van der Waals surface area contributed by atoms with E-state index >= 15 is 0 Å². The summed E-state index contributed by atoms with van der Waals surface area (Å²) in [4.78, 5) is 14.2. The van der Waals surface area contributed by atoms with E-state index in [1.165, 1.54) is 5.56 Å². The monoisotopic (exact) mass is 276 g/mol. The smallest absolute Gasteiger partial charge is 0.239 e. The minimum absolute atomic E-state index is 0.000287. The third-order valence-electron chi connectivity index (χ3n) is 3.64. The molecule has 1 fully saturated rings. The highest BCUT2D eigenvalue weighted by atomic mass is 16.5. The summed E-state index contributed by atoms with van der Waals surface area (Å²) in [5.41, 5.74) is 1.21. The average Bonchev–Trinajstić information content (AvgIpc) is 2.77. The van der Waals surface area contributed by atoms with Gasteiger partial charge in [0.1, 0.15) is 5.75 Å². The van der Waals surface area contributed by atoms with Crippen molar-refractivity contribution in [2.24, 2.45) is 0 Å². The molecule has 1 aliphatic heterocycles. The largest absolute Gasteiger partial charge is 0.497 e. The van der Waals surface area contributed by atoms with Crippen molar-refractivity contribution in [1.29, 1.82) is 0 Å². The Hall–Kier alpha value is -1.55. The van der Waals surface area contributed by atoms with Crippen molar-refractivity contribution in [1.82, 2.24) is 10.2 Å². The second-order valence-electron chi connectivity index (χ2n) is 5.59. The summed E-state index contributed by atoms with van der Waals surface area (Å²) in [6, 6.07) is 8.38. The molecule has 4 heteroatoms. The first-order valence-electron chi connectivity index (χ1n) is 7.28. The molecule has 1 aromatic carbocycles. The van der Waals surface area contributed by atoms with Crippen molar-refractivity contribution in [2.75, 3.05) is 20.2 Å². The van der Waals surface area contributed by atoms with E-state index in [9.17, 15) is 4.79 Å². The number of nitrogens with zero attached hydrogens (tertiary/aromatic N) is 1. The summed E-state index contributed by atoms with van der Waals surface area (Å²) in [6.45, 7) is 5.79. The van der Waals surface area contributed by atoms with Crippen LogP contribution in [0.3, 0.4) is 0 Å². The molecule has 1 N–H and O–H groups in total. The summed E-state index contributed by atoms with van der Waals surface area (Å²) >= 11 is 0. The van der Waals surface area contributed by atoms with Gasteiger partial charge in [-0.25, -0.2) is 0 Å². The number of hydrogen-bond donors (Lipinski definition) is 1. The number of hydrogen-bond acceptors (Lipinski definition) is 3. The maximum Gasteiger partial charge on any atom is 0.239 e. The molecule has 0 aromatic heterocycles. The maximum atomic E-state index is 12.2. The molecule has 1 unspecified atom stereocenters. The van der Waals surface area contributed by atoms with E-state index in [2.05, 4.69) is 25.2 Å². The van der Waals surface area contributed by atoms with Crippen LogP contribution in [0, 0.1) is 0 Å². The summed E-state index contributed by atoms with van der Waals surface area (Å²) in [7, 11) is 1.67. The molecule has 1 amide bonds. The van der Waals surface area contributed by atoms with Crippen molar-refractivity contribution in [2.45, 2.75) is 38.8 Å². The van der Waals surface area contributed by atoms with Gasteiger partial charge in [-0.2, -0.15) is 0 Å². The predicted molar refractivity (Wildman–Crippen MR) is 80.0 cm³/mol. The number of carbonyl (C=O) groups excluding carboxylic acids is 1. The van der Waals surface area contributed by atoms with Gasteiger partial charge in [0.2, 0.25) is 5.91 Å². The van der Waals surface area contributed by atoms with E-state index < -0.39 is 0 Å². The van der Waals surface area contributed by atoms with Gasteiger partial charge in [-0.3, -0.25) is 4.79 Å². The average molecular weight is 276 g/mol. The van der Waals surface area contributed by atoms with Crippen LogP contribution in [0.1, 0.15) is 25.8 Å². The Morgan fingerprint density at radius 3 is 2.95 bits per heavy atom. The van der Waals surface area contributed by atoms with Gasteiger partial charge in [-0.05, 0) is 30.5 Å². The lowest BCUT2D eigenvalue weighted by molar-refractivity contribution is -0.129. The number of benzene rings is 1. The molecule has 1 heterocycles. The Balaban J connectivity index is 1.87. The van der Waals surface area contributed by atoms with Gasteiger partial charge in [-0.15, -0.1) is 0 Å². The Morgan fingerprint density at radius 2 is 2.25 bits per heavy atom. The number of carbonyl (C=O) groups is 1. The molecule has 0 aliphatic carbocycles. The highest BCUT2D eigenvalue weighted by Crippen LogP contribution is 2.16. The van der Waals surface area contributed by atoms with Crippen LogP contribution in [0.25, 0.3) is 0 Å². The summed E-state index contributed by atoms with van der Waals surface area (Å²) < 4.78 is 5.22. The lowest BCUT2D eigenvalue weighted by atomic mass is 10.1. The van der Waals surface area contributed by atoms with E-state index in [0.717, 1.165) is 31.7 Å². The third kappa shape index (κ3) is 3.73. The fourth-order valence-corrected chi connectivity index (χ4v) is 2.61. The molecule has 20 heavy (non-hydrogen) atoms. The number of rotatable bonds is 6. The molecular formula is C16H24N2O2. The van der Waals surface area contributed by atoms with Crippen LogP contribution in [0.5, 0.6) is 5.75 Å². The molecule has 1 saturated heterocycles. The number of methoxy groups -OCH3 is 1. The Morgan fingerprint density at radius 1 is 1.45 bits per heavy atom. The molecule has 0 radical (unpaired) electrons. The Bertz CT molecular complexity index is 460. The van der Waals surface area contributed by atoms with E-state index in [-0.39, 0.29) is 11.9 Å². The van der Waals surface area contributed by atoms with Gasteiger partial charge in [0, 0.05) is 19.1 Å². The van der Waals surface area contributed by atoms with Gasteiger partial charge in [0.15, 0.2) is 0 Å². The zero-order valence-electron chi connectivity index (χ0n) is 12.6. The lowest BCUT2D eigenvalue weighted by Crippen LogP contribution is -2.41. The first kappa shape index (κ1) is 14.9. The Labute approximate surface area is 121 Å². The topological polar surface area (TPSA) is 41.6 Å². The minimum atomic E-state index is 0.000287. The number of likely N-dealkylation sites (tertiary alicyclic amines) is 1. The van der Waals surface area contributed by atoms with Crippen molar-refractivity contribution in [3.8, 4) is 5.75 Å². The second-order valence-corrected chi connectivity index (χ2v) is 5.59. The molecule has 1 atom stereocenters. The summed E-state index contributed by atoms with van der Waals surface area (Å²) in [5, 5.41) is 3.33. The molecule has 0 spiro atoms. The molecule has 2 rings (SSSR count). The van der Waals surface area contributed by atoms with Crippen LogP contribution in [-0.2, 0) is 11.2 Å². The fraction of sp³-hybridized carbons (Fsp3) is 0.562. The standard InChI is InChI=1S/C16H24N2O2/c1-12(2)17-15-8-10-18(16(15)19)9-7-13-5-4-6-14(11-13)20-3/h4-6,11-12,15,17H,7-10H2,1-3H3. The second kappa shape index (κ2) is 6.75. The number of ether oxygens (including phenoxy) is 1. The van der Waals surface area contributed by atoms with Gasteiger partial charge >= 0.3 is 0 Å². The normalized spacial score (nSPS) is 18.9. The molecule has 1 aromatic rings. The molecule has 4 nitrogen and oxygen atoms in total. The summed E-state index contributed by atoms with van der Waals surface area (Å²) in [5.74, 6) is 1.11. The first-order chi connectivity index (χ1) is 9.60. The SMILES string of the molecule is COc1cccc(CCN2CCC(NC(C)C)C2=O)c1. The van der Waals surface area contributed by atoms with E-state index in [4.69, 9.17) is 4.74 Å². The molecular weight excluding hydrogens is 252 g/mol. The zero-order chi connectivity index (χ0) is 14.5. The van der Waals surface area contributed by atoms with Gasteiger partial charge < -0.3 is 15.0 Å². The van der Waals surface area contributed by atoms with Gasteiger partial charge in [0.05, 0.1) is 13.2 Å². The van der Waals surface area contributed by atoms with Crippen molar-refractivity contribution < 1.29 is 9.53 Å². The lowest BCUT2D eigenvalue weighted by Gasteiger charge is -2.18. The van der Waals surface area contributed by atoms with Gasteiger partial charge in [0.25, 0.3) is 0 Å². The van der Waals surface area contributed by atoms with Crippen LogP contribution in [-0.4, -0.2) is 43.1 Å². The number of amides is 1. The fourth-order valence-electron chi connectivity index (χ4n) is 2.61. The van der Waals surface area contributed by atoms with E-state index in [0.29, 0.717) is 6.04 Å². The van der Waals surface area contributed by atoms with Gasteiger partial charge in [-0.1, -0.05) is 26.0 Å². The first-order valence-corrected chi connectivity index (χ1v) is 7.28. The van der Waals surface area contributed by atoms with Crippen molar-refractivity contribution in [3.05, 3.63) is 29.8 Å². The number of nitrogens with one attached hydrogen (secondary N) is 1. The van der Waals surface area contributed by atoms with Crippen LogP contribution in [0.4, 0.5) is 0 Å². The molecule has 0 saturated carbocycles. The minimum Gasteiger partial charge on any atom is -0.497 e. The highest BCUT2D eigenvalue weighted by Gasteiger charge is 2.31. The predicted octanol–water partition coefficient (Wildman–Crippen LogP) is 1.84. The quantitative estimate of drug-likeness (QED) is 0.862. The Kier molecular flexibility index (Phi) is 5.01. The molecule has 1 aliphatic rings. The van der Waals surface area contributed by atoms with Crippen molar-refractivity contribution >= 4 is 5.91 Å². The van der Waals surface area contributed by atoms with E-state index in [1.54, 1.807) is 7.11 Å². The zero-order valence-corrected chi connectivity index (χ0v) is 12.6. The van der Waals surface area contributed by atoms with Crippen molar-refractivity contribution in [3.63, 3.8) is 0 Å². The molecule has 110 valence electrons. The van der Waals surface area contributed by atoms with Crippen LogP contribution in [0.2, 0.25) is 0 Å². The molecule has 0 bridgehead atoms. The van der Waals surface area contributed by atoms with Crippen LogP contribution < -0.4 is 10.1 Å². The highest BCUT2D eigenvalue weighted by molar-refractivity contribution is 5.84. The third-order valence-corrected chi connectivity index (χ3v) is 3.64. The van der Waals surface area contributed by atoms with E-state index in [1.807, 2.05) is 23.1 Å².